The molecule has 1 aromatic heterocycles. The molecule has 2 heterocycles. The van der Waals surface area contributed by atoms with Gasteiger partial charge in [-0.15, -0.1) is 0 Å². The van der Waals surface area contributed by atoms with Gasteiger partial charge in [-0.05, 0) is 6.07 Å². The molecule has 1 aliphatic rings. The summed E-state index contributed by atoms with van der Waals surface area (Å²) < 4.78 is 23.9. The number of anilines is 1. The fourth-order valence-electron chi connectivity index (χ4n) is 1.49. The number of hydrogen-bond donors (Lipinski definition) is 0. The summed E-state index contributed by atoms with van der Waals surface area (Å²) in [6, 6.07) is 3.19. The van der Waals surface area contributed by atoms with Crippen LogP contribution in [-0.4, -0.2) is 33.8 Å². The van der Waals surface area contributed by atoms with Gasteiger partial charge >= 0.3 is 0 Å². The van der Waals surface area contributed by atoms with Crippen molar-refractivity contribution in [2.24, 2.45) is 0 Å². The second-order valence-corrected chi connectivity index (χ2v) is 4.87. The third kappa shape index (κ3) is 2.09. The molecular weight excluding hydrogens is 203 g/mol. The Morgan fingerprint density at radius 1 is 1.43 bits per heavy atom. The Morgan fingerprint density at radius 3 is 2.79 bits per heavy atom. The van der Waals surface area contributed by atoms with E-state index in [0.29, 0.717) is 11.5 Å². The van der Waals surface area contributed by atoms with E-state index in [9.17, 15) is 8.60 Å². The van der Waals surface area contributed by atoms with Crippen LogP contribution in [-0.2, 0) is 10.8 Å². The Balaban J connectivity index is 2.12. The lowest BCUT2D eigenvalue weighted by atomic mass is 10.3. The normalized spacial score (nSPS) is 18.5. The van der Waals surface area contributed by atoms with Crippen molar-refractivity contribution in [3.05, 3.63) is 24.3 Å². The van der Waals surface area contributed by atoms with E-state index < -0.39 is 16.7 Å². The van der Waals surface area contributed by atoms with Crippen LogP contribution in [0.4, 0.5) is 10.1 Å². The molecule has 14 heavy (non-hydrogen) atoms. The van der Waals surface area contributed by atoms with Gasteiger partial charge < -0.3 is 4.90 Å². The van der Waals surface area contributed by atoms with Gasteiger partial charge in [0.1, 0.15) is 0 Å². The Labute approximate surface area is 84.4 Å². The first kappa shape index (κ1) is 9.58. The first-order valence-electron chi connectivity index (χ1n) is 4.47. The fourth-order valence-corrected chi connectivity index (χ4v) is 2.54. The zero-order chi connectivity index (χ0) is 9.97. The van der Waals surface area contributed by atoms with E-state index in [4.69, 9.17) is 0 Å². The number of pyridine rings is 1. The van der Waals surface area contributed by atoms with Crippen molar-refractivity contribution >= 4 is 16.5 Å². The number of rotatable bonds is 1. The third-order valence-electron chi connectivity index (χ3n) is 2.25. The highest BCUT2D eigenvalue weighted by Gasteiger charge is 2.15. The van der Waals surface area contributed by atoms with Crippen LogP contribution in [0.1, 0.15) is 0 Å². The number of halogens is 1. The van der Waals surface area contributed by atoms with Crippen LogP contribution in [0.3, 0.4) is 0 Å². The van der Waals surface area contributed by atoms with E-state index in [-0.39, 0.29) is 0 Å². The molecule has 3 nitrogen and oxygen atoms in total. The highest BCUT2D eigenvalue weighted by atomic mass is 32.2. The zero-order valence-electron chi connectivity index (χ0n) is 7.65. The van der Waals surface area contributed by atoms with Gasteiger partial charge in [0.05, 0.1) is 0 Å². The summed E-state index contributed by atoms with van der Waals surface area (Å²) in [4.78, 5) is 5.53. The molecule has 0 N–H and O–H groups in total. The maximum Gasteiger partial charge on any atom is 0.214 e. The molecule has 1 fully saturated rings. The van der Waals surface area contributed by atoms with Crippen molar-refractivity contribution in [1.82, 2.24) is 4.98 Å². The van der Waals surface area contributed by atoms with Crippen LogP contribution in [0.2, 0.25) is 0 Å². The molecule has 1 aliphatic heterocycles. The molecule has 5 heteroatoms. The zero-order valence-corrected chi connectivity index (χ0v) is 8.47. The van der Waals surface area contributed by atoms with Crippen LogP contribution < -0.4 is 4.90 Å². The van der Waals surface area contributed by atoms with Crippen LogP contribution in [0.15, 0.2) is 18.3 Å². The summed E-state index contributed by atoms with van der Waals surface area (Å²) in [5.74, 6) is 0.877. The molecule has 0 amide bonds. The molecule has 0 aromatic carbocycles. The van der Waals surface area contributed by atoms with Crippen LogP contribution in [0.5, 0.6) is 0 Å². The third-order valence-corrected chi connectivity index (χ3v) is 3.53. The van der Waals surface area contributed by atoms with E-state index in [2.05, 4.69) is 4.98 Å². The molecule has 0 spiro atoms. The maximum atomic E-state index is 12.8. The molecule has 76 valence electrons. The van der Waals surface area contributed by atoms with Gasteiger partial charge in [-0.3, -0.25) is 4.21 Å². The topological polar surface area (TPSA) is 33.2 Å². The first-order chi connectivity index (χ1) is 6.75. The van der Waals surface area contributed by atoms with E-state index >= 15 is 0 Å². The standard InChI is InChI=1S/C9H11FN2OS/c10-9-7-8(1-2-11-9)12-3-5-14(13)6-4-12/h1-2,7H,3-6H2. The second kappa shape index (κ2) is 4.04. The van der Waals surface area contributed by atoms with E-state index in [1.54, 1.807) is 6.07 Å². The lowest BCUT2D eigenvalue weighted by Gasteiger charge is -2.28. The molecule has 0 saturated carbocycles. The van der Waals surface area contributed by atoms with Crippen molar-refractivity contribution in [2.75, 3.05) is 29.5 Å². The predicted octanol–water partition coefficient (Wildman–Crippen LogP) is 0.789. The van der Waals surface area contributed by atoms with Crippen LogP contribution >= 0.6 is 0 Å². The van der Waals surface area contributed by atoms with Crippen molar-refractivity contribution < 1.29 is 8.60 Å². The summed E-state index contributed by atoms with van der Waals surface area (Å²) in [6.07, 6.45) is 1.45. The monoisotopic (exact) mass is 214 g/mol. The quantitative estimate of drug-likeness (QED) is 0.648. The Morgan fingerprint density at radius 2 is 2.14 bits per heavy atom. The summed E-state index contributed by atoms with van der Waals surface area (Å²) in [7, 11) is -0.691. The van der Waals surface area contributed by atoms with Crippen molar-refractivity contribution in [3.8, 4) is 0 Å². The molecule has 0 radical (unpaired) electrons. The Kier molecular flexibility index (Phi) is 2.77. The minimum atomic E-state index is -0.691. The minimum absolute atomic E-state index is 0.464. The number of nitrogens with zero attached hydrogens (tertiary/aromatic N) is 2. The summed E-state index contributed by atoms with van der Waals surface area (Å²) in [5.41, 5.74) is 0.828. The number of hydrogen-bond acceptors (Lipinski definition) is 3. The molecule has 2 rings (SSSR count). The van der Waals surface area contributed by atoms with E-state index in [1.807, 2.05) is 4.90 Å². The maximum absolute atomic E-state index is 12.8. The first-order valence-corrected chi connectivity index (χ1v) is 5.96. The van der Waals surface area contributed by atoms with Gasteiger partial charge in [-0.1, -0.05) is 0 Å². The Hall–Kier alpha value is -0.970. The molecular formula is C9H11FN2OS. The van der Waals surface area contributed by atoms with Crippen molar-refractivity contribution in [2.45, 2.75) is 0 Å². The molecule has 0 unspecified atom stereocenters. The fraction of sp³-hybridized carbons (Fsp3) is 0.444. The molecule has 1 saturated heterocycles. The van der Waals surface area contributed by atoms with Gasteiger partial charge in [-0.25, -0.2) is 4.98 Å². The Bertz CT molecular complexity index is 348. The number of aromatic nitrogens is 1. The van der Waals surface area contributed by atoms with Gasteiger partial charge in [0.25, 0.3) is 0 Å². The molecule has 1 aromatic rings. The summed E-state index contributed by atoms with van der Waals surface area (Å²) >= 11 is 0. The van der Waals surface area contributed by atoms with Crippen molar-refractivity contribution in [1.29, 1.82) is 0 Å². The van der Waals surface area contributed by atoms with Gasteiger partial charge in [0, 0.05) is 53.3 Å². The molecule has 0 atom stereocenters. The van der Waals surface area contributed by atoms with Gasteiger partial charge in [0.15, 0.2) is 0 Å². The highest BCUT2D eigenvalue weighted by molar-refractivity contribution is 7.85. The smallest absolute Gasteiger partial charge is 0.214 e. The molecule has 0 aliphatic carbocycles. The van der Waals surface area contributed by atoms with Gasteiger partial charge in [0.2, 0.25) is 5.95 Å². The van der Waals surface area contributed by atoms with Gasteiger partial charge in [-0.2, -0.15) is 4.39 Å². The van der Waals surface area contributed by atoms with Crippen LogP contribution in [0, 0.1) is 5.95 Å². The molecule has 0 bridgehead atoms. The average molecular weight is 214 g/mol. The van der Waals surface area contributed by atoms with E-state index in [1.165, 1.54) is 12.3 Å². The van der Waals surface area contributed by atoms with Crippen LogP contribution in [0.25, 0.3) is 0 Å². The SMILES string of the molecule is O=S1CCN(c2ccnc(F)c2)CC1. The van der Waals surface area contributed by atoms with E-state index in [0.717, 1.165) is 18.8 Å². The lowest BCUT2D eigenvalue weighted by molar-refractivity contribution is 0.583. The summed E-state index contributed by atoms with van der Waals surface area (Å²) in [6.45, 7) is 1.46. The van der Waals surface area contributed by atoms with Crippen molar-refractivity contribution in [3.63, 3.8) is 0 Å². The second-order valence-electron chi connectivity index (χ2n) is 3.17. The summed E-state index contributed by atoms with van der Waals surface area (Å²) in [5, 5.41) is 0. The minimum Gasteiger partial charge on any atom is -0.370 e. The predicted molar refractivity (Wildman–Crippen MR) is 54.3 cm³/mol. The average Bonchev–Trinajstić information content (AvgIpc) is 2.19. The largest absolute Gasteiger partial charge is 0.370 e. The lowest BCUT2D eigenvalue weighted by Crippen LogP contribution is -2.37. The highest BCUT2D eigenvalue weighted by Crippen LogP contribution is 2.15.